The third kappa shape index (κ3) is 4.63. The van der Waals surface area contributed by atoms with Gasteiger partial charge in [-0.15, -0.1) is 11.3 Å². The van der Waals surface area contributed by atoms with Crippen LogP contribution in [0.2, 0.25) is 0 Å². The number of amides is 3. The van der Waals surface area contributed by atoms with E-state index >= 15 is 0 Å². The van der Waals surface area contributed by atoms with Gasteiger partial charge in [-0.05, 0) is 49.5 Å². The molecule has 142 valence electrons. The van der Waals surface area contributed by atoms with Gasteiger partial charge in [0.05, 0.1) is 4.88 Å². The minimum absolute atomic E-state index is 0.0546. The molecule has 1 atom stereocenters. The lowest BCUT2D eigenvalue weighted by Crippen LogP contribution is -2.54. The van der Waals surface area contributed by atoms with Crippen molar-refractivity contribution in [3.05, 3.63) is 22.4 Å². The number of rotatable bonds is 7. The molecule has 2 fully saturated rings. The lowest BCUT2D eigenvalue weighted by molar-refractivity contribution is -0.134. The molecule has 1 aliphatic heterocycles. The summed E-state index contributed by atoms with van der Waals surface area (Å²) in [4.78, 5) is 39.9. The second-order valence-electron chi connectivity index (χ2n) is 7.16. The van der Waals surface area contributed by atoms with E-state index in [1.165, 1.54) is 11.3 Å². The van der Waals surface area contributed by atoms with Crippen molar-refractivity contribution in [2.75, 3.05) is 19.6 Å². The summed E-state index contributed by atoms with van der Waals surface area (Å²) in [6, 6.07) is 3.04. The van der Waals surface area contributed by atoms with Crippen LogP contribution in [0.25, 0.3) is 0 Å². The maximum absolute atomic E-state index is 12.6. The predicted molar refractivity (Wildman–Crippen MR) is 101 cm³/mol. The molecule has 0 radical (unpaired) electrons. The molecule has 2 heterocycles. The molecule has 1 aromatic rings. The van der Waals surface area contributed by atoms with Crippen LogP contribution in [-0.4, -0.2) is 48.3 Å². The van der Waals surface area contributed by atoms with E-state index in [0.29, 0.717) is 24.5 Å². The third-order valence-corrected chi connectivity index (χ3v) is 5.98. The standard InChI is InChI=1S/C19H27N3O3S/c1-2-9-20-18(24)16(21-17(23)15-4-3-12-26-15)13-7-10-22(11-8-13)19(25)14-5-6-14/h3-4,12-14,16H,2,5-11H2,1H3,(H,20,24)(H,21,23)/t16-/m1/s1. The Labute approximate surface area is 158 Å². The first-order chi connectivity index (χ1) is 12.6. The molecule has 3 amide bonds. The van der Waals surface area contributed by atoms with Crippen LogP contribution in [-0.2, 0) is 9.59 Å². The summed E-state index contributed by atoms with van der Waals surface area (Å²) >= 11 is 1.37. The van der Waals surface area contributed by atoms with Crippen LogP contribution < -0.4 is 10.6 Å². The van der Waals surface area contributed by atoms with Crippen LogP contribution in [0, 0.1) is 11.8 Å². The van der Waals surface area contributed by atoms with E-state index in [9.17, 15) is 14.4 Å². The lowest BCUT2D eigenvalue weighted by atomic mass is 9.88. The highest BCUT2D eigenvalue weighted by Gasteiger charge is 2.38. The van der Waals surface area contributed by atoms with E-state index in [2.05, 4.69) is 10.6 Å². The highest BCUT2D eigenvalue weighted by Crippen LogP contribution is 2.33. The monoisotopic (exact) mass is 377 g/mol. The fourth-order valence-corrected chi connectivity index (χ4v) is 4.04. The van der Waals surface area contributed by atoms with Crippen LogP contribution >= 0.6 is 11.3 Å². The van der Waals surface area contributed by atoms with Gasteiger partial charge in [0.15, 0.2) is 0 Å². The molecular formula is C19H27N3O3S. The van der Waals surface area contributed by atoms with E-state index in [0.717, 1.165) is 32.1 Å². The number of hydrogen-bond donors (Lipinski definition) is 2. The molecule has 26 heavy (non-hydrogen) atoms. The summed E-state index contributed by atoms with van der Waals surface area (Å²) in [7, 11) is 0. The second-order valence-corrected chi connectivity index (χ2v) is 8.10. The molecule has 2 aliphatic rings. The Bertz CT molecular complexity index is 634. The van der Waals surface area contributed by atoms with Gasteiger partial charge in [0.25, 0.3) is 5.91 Å². The SMILES string of the molecule is CCCNC(=O)[C@H](NC(=O)c1cccs1)C1CCN(C(=O)C2CC2)CC1. The van der Waals surface area contributed by atoms with Crippen LogP contribution in [0.15, 0.2) is 17.5 Å². The second kappa shape index (κ2) is 8.66. The summed E-state index contributed by atoms with van der Waals surface area (Å²) in [5.74, 6) is 0.225. The van der Waals surface area contributed by atoms with Crippen LogP contribution in [0.1, 0.15) is 48.7 Å². The predicted octanol–water partition coefficient (Wildman–Crippen LogP) is 2.02. The molecule has 1 aliphatic carbocycles. The van der Waals surface area contributed by atoms with Crippen LogP contribution in [0.3, 0.4) is 0 Å². The zero-order chi connectivity index (χ0) is 18.5. The van der Waals surface area contributed by atoms with Crippen molar-refractivity contribution in [2.45, 2.75) is 45.1 Å². The summed E-state index contributed by atoms with van der Waals surface area (Å²) in [5, 5.41) is 7.70. The molecule has 1 aromatic heterocycles. The van der Waals surface area contributed by atoms with E-state index in [1.807, 2.05) is 23.3 Å². The Morgan fingerprint density at radius 2 is 1.96 bits per heavy atom. The first-order valence-electron chi connectivity index (χ1n) is 9.51. The molecule has 6 nitrogen and oxygen atoms in total. The zero-order valence-electron chi connectivity index (χ0n) is 15.2. The van der Waals surface area contributed by atoms with Crippen molar-refractivity contribution < 1.29 is 14.4 Å². The third-order valence-electron chi connectivity index (χ3n) is 5.11. The average Bonchev–Trinajstić information content (AvgIpc) is 3.37. The van der Waals surface area contributed by atoms with Gasteiger partial charge in [0, 0.05) is 25.6 Å². The molecule has 1 saturated heterocycles. The zero-order valence-corrected chi connectivity index (χ0v) is 16.0. The van der Waals surface area contributed by atoms with Gasteiger partial charge in [0.1, 0.15) is 6.04 Å². The number of thiophene rings is 1. The molecular weight excluding hydrogens is 350 g/mol. The van der Waals surface area contributed by atoms with E-state index < -0.39 is 6.04 Å². The number of carbonyl (C=O) groups excluding carboxylic acids is 3. The topological polar surface area (TPSA) is 78.5 Å². The number of nitrogens with one attached hydrogen (secondary N) is 2. The lowest BCUT2D eigenvalue weighted by Gasteiger charge is -2.36. The number of nitrogens with zero attached hydrogens (tertiary/aromatic N) is 1. The molecule has 3 rings (SSSR count). The highest BCUT2D eigenvalue weighted by molar-refractivity contribution is 7.12. The molecule has 0 spiro atoms. The summed E-state index contributed by atoms with van der Waals surface area (Å²) < 4.78 is 0. The van der Waals surface area contributed by atoms with Crippen molar-refractivity contribution in [2.24, 2.45) is 11.8 Å². The minimum atomic E-state index is -0.547. The Morgan fingerprint density at radius 3 is 2.54 bits per heavy atom. The van der Waals surface area contributed by atoms with Crippen molar-refractivity contribution in [3.8, 4) is 0 Å². The van der Waals surface area contributed by atoms with E-state index in [4.69, 9.17) is 0 Å². The number of hydrogen-bond acceptors (Lipinski definition) is 4. The maximum Gasteiger partial charge on any atom is 0.262 e. The molecule has 0 bridgehead atoms. The average molecular weight is 378 g/mol. The first kappa shape index (κ1) is 18.9. The summed E-state index contributed by atoms with van der Waals surface area (Å²) in [6.45, 7) is 3.95. The van der Waals surface area contributed by atoms with Gasteiger partial charge >= 0.3 is 0 Å². The van der Waals surface area contributed by atoms with Crippen molar-refractivity contribution in [3.63, 3.8) is 0 Å². The Morgan fingerprint density at radius 1 is 1.23 bits per heavy atom. The number of piperidine rings is 1. The maximum atomic E-state index is 12.6. The van der Waals surface area contributed by atoms with Crippen LogP contribution in [0.5, 0.6) is 0 Å². The summed E-state index contributed by atoms with van der Waals surface area (Å²) in [6.07, 6.45) is 4.36. The first-order valence-corrected chi connectivity index (χ1v) is 10.4. The largest absolute Gasteiger partial charge is 0.354 e. The van der Waals surface area contributed by atoms with Gasteiger partial charge in [-0.1, -0.05) is 13.0 Å². The minimum Gasteiger partial charge on any atom is -0.354 e. The number of carbonyl (C=O) groups is 3. The Balaban J connectivity index is 1.62. The molecule has 1 saturated carbocycles. The highest BCUT2D eigenvalue weighted by atomic mass is 32.1. The van der Waals surface area contributed by atoms with Gasteiger partial charge in [-0.2, -0.15) is 0 Å². The molecule has 2 N–H and O–H groups in total. The van der Waals surface area contributed by atoms with Gasteiger partial charge < -0.3 is 15.5 Å². The molecule has 0 unspecified atom stereocenters. The van der Waals surface area contributed by atoms with E-state index in [-0.39, 0.29) is 29.6 Å². The quantitative estimate of drug-likeness (QED) is 0.763. The van der Waals surface area contributed by atoms with E-state index in [1.54, 1.807) is 6.07 Å². The fourth-order valence-electron chi connectivity index (χ4n) is 3.42. The fraction of sp³-hybridized carbons (Fsp3) is 0.632. The van der Waals surface area contributed by atoms with Crippen molar-refractivity contribution in [1.82, 2.24) is 15.5 Å². The summed E-state index contributed by atoms with van der Waals surface area (Å²) in [5.41, 5.74) is 0. The van der Waals surface area contributed by atoms with Gasteiger partial charge in [-0.25, -0.2) is 0 Å². The smallest absolute Gasteiger partial charge is 0.262 e. The molecule has 7 heteroatoms. The van der Waals surface area contributed by atoms with Gasteiger partial charge in [-0.3, -0.25) is 14.4 Å². The van der Waals surface area contributed by atoms with Crippen LogP contribution in [0.4, 0.5) is 0 Å². The van der Waals surface area contributed by atoms with Crippen molar-refractivity contribution in [1.29, 1.82) is 0 Å². The Kier molecular flexibility index (Phi) is 6.29. The van der Waals surface area contributed by atoms with Gasteiger partial charge in [0.2, 0.25) is 11.8 Å². The number of likely N-dealkylation sites (tertiary alicyclic amines) is 1. The van der Waals surface area contributed by atoms with Crippen molar-refractivity contribution >= 4 is 29.1 Å². The molecule has 0 aromatic carbocycles. The normalized spacial score (nSPS) is 19.0. The Hall–Kier alpha value is -1.89.